The van der Waals surface area contributed by atoms with E-state index < -0.39 is 23.6 Å². The van der Waals surface area contributed by atoms with E-state index in [0.29, 0.717) is 16.9 Å². The van der Waals surface area contributed by atoms with Crippen LogP contribution in [0.25, 0.3) is 0 Å². The average molecular weight is 440 g/mol. The van der Waals surface area contributed by atoms with Crippen molar-refractivity contribution in [3.05, 3.63) is 65.7 Å². The van der Waals surface area contributed by atoms with Gasteiger partial charge in [-0.1, -0.05) is 24.3 Å². The van der Waals surface area contributed by atoms with Crippen LogP contribution in [0.3, 0.4) is 0 Å². The normalized spacial score (nSPS) is 25.7. The minimum absolute atomic E-state index is 0.193. The predicted molar refractivity (Wildman–Crippen MR) is 117 cm³/mol. The lowest BCUT2D eigenvalue weighted by Crippen LogP contribution is -2.52. The lowest BCUT2D eigenvalue weighted by molar-refractivity contribution is -0.188. The molecule has 2 aromatic carbocycles. The molecule has 2 aliphatic rings. The first-order valence-corrected chi connectivity index (χ1v) is 10.6. The maximum absolute atomic E-state index is 12.6. The van der Waals surface area contributed by atoms with Gasteiger partial charge in [0.2, 0.25) is 0 Å². The molecule has 0 unspecified atom stereocenters. The van der Waals surface area contributed by atoms with Crippen LogP contribution in [0.2, 0.25) is 0 Å². The van der Waals surface area contributed by atoms with Crippen molar-refractivity contribution in [2.24, 2.45) is 0 Å². The van der Waals surface area contributed by atoms with Crippen LogP contribution < -0.4 is 15.4 Å². The number of rotatable bonds is 7. The topological polar surface area (TPSA) is 95.1 Å². The van der Waals surface area contributed by atoms with Crippen molar-refractivity contribution in [2.75, 3.05) is 26.8 Å². The fourth-order valence-electron chi connectivity index (χ4n) is 4.18. The van der Waals surface area contributed by atoms with Crippen molar-refractivity contribution < 1.29 is 28.5 Å². The van der Waals surface area contributed by atoms with Crippen LogP contribution >= 0.6 is 0 Å². The summed E-state index contributed by atoms with van der Waals surface area (Å²) < 4.78 is 23.5. The van der Waals surface area contributed by atoms with Crippen LogP contribution in [0, 0.1) is 0 Å². The van der Waals surface area contributed by atoms with Crippen molar-refractivity contribution in [2.45, 2.75) is 37.4 Å². The van der Waals surface area contributed by atoms with E-state index in [9.17, 15) is 9.59 Å². The number of hydrogen-bond donors (Lipinski definition) is 2. The summed E-state index contributed by atoms with van der Waals surface area (Å²) in [7, 11) is 1.55. The highest BCUT2D eigenvalue weighted by atomic mass is 16.8. The lowest BCUT2D eigenvalue weighted by Gasteiger charge is -2.27. The number of nitrogens with one attached hydrogen (secondary N) is 2. The first-order chi connectivity index (χ1) is 15.3. The minimum Gasteiger partial charge on any atom is -0.497 e. The van der Waals surface area contributed by atoms with Crippen molar-refractivity contribution >= 4 is 11.8 Å². The van der Waals surface area contributed by atoms with E-state index in [1.54, 1.807) is 43.5 Å². The van der Waals surface area contributed by atoms with Gasteiger partial charge in [-0.15, -0.1) is 0 Å². The van der Waals surface area contributed by atoms with E-state index in [1.165, 1.54) is 0 Å². The molecule has 0 aliphatic carbocycles. The van der Waals surface area contributed by atoms with Gasteiger partial charge in [-0.25, -0.2) is 0 Å². The Kier molecular flexibility index (Phi) is 6.19. The standard InChI is InChI=1S/C24H28N2O6/c1-23(2)31-20-19(13-25-22(28)17-10-7-11-18(12-17)29-3)30-15-24(20,32-23)14-26-21(27)16-8-5-4-6-9-16/h4-12,19-20H,13-15H2,1-3H3,(H,25,28)(H,26,27)/t19-,20-,24+/m1/s1. The Morgan fingerprint density at radius 2 is 1.75 bits per heavy atom. The second-order valence-corrected chi connectivity index (χ2v) is 8.45. The Morgan fingerprint density at radius 3 is 2.50 bits per heavy atom. The summed E-state index contributed by atoms with van der Waals surface area (Å²) in [6, 6.07) is 15.9. The molecule has 3 atom stereocenters. The van der Waals surface area contributed by atoms with E-state index in [2.05, 4.69) is 10.6 Å². The molecular formula is C24H28N2O6. The fourth-order valence-corrected chi connectivity index (χ4v) is 4.18. The van der Waals surface area contributed by atoms with E-state index >= 15 is 0 Å². The molecule has 170 valence electrons. The first kappa shape index (κ1) is 22.3. The largest absolute Gasteiger partial charge is 0.497 e. The molecule has 8 heteroatoms. The summed E-state index contributed by atoms with van der Waals surface area (Å²) in [5, 5.41) is 5.84. The first-order valence-electron chi connectivity index (χ1n) is 10.6. The second kappa shape index (κ2) is 8.90. The highest BCUT2D eigenvalue weighted by Gasteiger charge is 2.61. The molecule has 0 saturated carbocycles. The van der Waals surface area contributed by atoms with E-state index in [0.717, 1.165) is 0 Å². The molecule has 2 aromatic rings. The molecule has 2 saturated heterocycles. The SMILES string of the molecule is COc1cccc(C(=O)NC[C@H]2OC[C@]3(CNC(=O)c4ccccc4)OC(C)(C)O[C@H]23)c1. The summed E-state index contributed by atoms with van der Waals surface area (Å²) in [5.74, 6) is -0.652. The predicted octanol–water partition coefficient (Wildman–Crippen LogP) is 2.14. The van der Waals surface area contributed by atoms with Gasteiger partial charge in [0.1, 0.15) is 23.6 Å². The molecule has 8 nitrogen and oxygen atoms in total. The summed E-state index contributed by atoms with van der Waals surface area (Å²) in [6.07, 6.45) is -0.862. The zero-order valence-corrected chi connectivity index (χ0v) is 18.4. The average Bonchev–Trinajstić information content (AvgIpc) is 3.26. The quantitative estimate of drug-likeness (QED) is 0.685. The summed E-state index contributed by atoms with van der Waals surface area (Å²) in [6.45, 7) is 4.38. The molecule has 2 N–H and O–H groups in total. The molecule has 4 rings (SSSR count). The van der Waals surface area contributed by atoms with E-state index in [4.69, 9.17) is 18.9 Å². The summed E-state index contributed by atoms with van der Waals surface area (Å²) >= 11 is 0. The van der Waals surface area contributed by atoms with Crippen molar-refractivity contribution in [3.8, 4) is 5.75 Å². The molecule has 2 amide bonds. The van der Waals surface area contributed by atoms with Gasteiger partial charge in [0.25, 0.3) is 11.8 Å². The van der Waals surface area contributed by atoms with Gasteiger partial charge in [-0.3, -0.25) is 9.59 Å². The number of hydrogen-bond acceptors (Lipinski definition) is 6. The summed E-state index contributed by atoms with van der Waals surface area (Å²) in [5.41, 5.74) is 0.228. The number of amides is 2. The molecule has 0 bridgehead atoms. The molecule has 2 aliphatic heterocycles. The van der Waals surface area contributed by atoms with Crippen LogP contribution in [-0.2, 0) is 14.2 Å². The fraction of sp³-hybridized carbons (Fsp3) is 0.417. The third kappa shape index (κ3) is 4.62. The van der Waals surface area contributed by atoms with E-state index in [1.807, 2.05) is 32.0 Å². The molecule has 2 fully saturated rings. The molecule has 32 heavy (non-hydrogen) atoms. The third-order valence-electron chi connectivity index (χ3n) is 5.64. The highest BCUT2D eigenvalue weighted by Crippen LogP contribution is 2.43. The van der Waals surface area contributed by atoms with Gasteiger partial charge in [0, 0.05) is 17.7 Å². The van der Waals surface area contributed by atoms with Gasteiger partial charge >= 0.3 is 0 Å². The Morgan fingerprint density at radius 1 is 1.03 bits per heavy atom. The third-order valence-corrected chi connectivity index (χ3v) is 5.64. The zero-order chi connectivity index (χ0) is 22.8. The molecular weight excluding hydrogens is 412 g/mol. The zero-order valence-electron chi connectivity index (χ0n) is 18.4. The maximum Gasteiger partial charge on any atom is 0.251 e. The Bertz CT molecular complexity index is 979. The van der Waals surface area contributed by atoms with Crippen LogP contribution in [0.5, 0.6) is 5.75 Å². The number of ether oxygens (including phenoxy) is 4. The second-order valence-electron chi connectivity index (χ2n) is 8.45. The van der Waals surface area contributed by atoms with Gasteiger partial charge in [0.05, 0.1) is 20.3 Å². The Labute approximate surface area is 187 Å². The van der Waals surface area contributed by atoms with Gasteiger partial charge in [-0.05, 0) is 44.2 Å². The van der Waals surface area contributed by atoms with Crippen molar-refractivity contribution in [1.29, 1.82) is 0 Å². The number of benzene rings is 2. The van der Waals surface area contributed by atoms with Crippen LogP contribution in [0.1, 0.15) is 34.6 Å². The number of fused-ring (bicyclic) bond motifs is 1. The highest BCUT2D eigenvalue weighted by molar-refractivity contribution is 5.95. The van der Waals surface area contributed by atoms with Crippen molar-refractivity contribution in [3.63, 3.8) is 0 Å². The monoisotopic (exact) mass is 440 g/mol. The lowest BCUT2D eigenvalue weighted by atomic mass is 9.96. The van der Waals surface area contributed by atoms with Gasteiger partial charge < -0.3 is 29.6 Å². The smallest absolute Gasteiger partial charge is 0.251 e. The number of methoxy groups -OCH3 is 1. The van der Waals surface area contributed by atoms with E-state index in [-0.39, 0.29) is 31.5 Å². The van der Waals surface area contributed by atoms with Gasteiger partial charge in [0.15, 0.2) is 5.79 Å². The summed E-state index contributed by atoms with van der Waals surface area (Å²) in [4.78, 5) is 25.1. The molecule has 0 radical (unpaired) electrons. The minimum atomic E-state index is -0.834. The number of carbonyl (C=O) groups excluding carboxylic acids is 2. The van der Waals surface area contributed by atoms with Crippen LogP contribution in [0.15, 0.2) is 54.6 Å². The van der Waals surface area contributed by atoms with Crippen LogP contribution in [0.4, 0.5) is 0 Å². The van der Waals surface area contributed by atoms with Crippen LogP contribution in [-0.4, -0.2) is 62.2 Å². The Hall–Kier alpha value is -2.94. The molecule has 0 aromatic heterocycles. The van der Waals surface area contributed by atoms with Gasteiger partial charge in [-0.2, -0.15) is 0 Å². The Balaban J connectivity index is 1.41. The number of carbonyl (C=O) groups is 2. The molecule has 2 heterocycles. The van der Waals surface area contributed by atoms with Crippen molar-refractivity contribution in [1.82, 2.24) is 10.6 Å². The maximum atomic E-state index is 12.6. The molecule has 0 spiro atoms.